The molecule has 0 spiro atoms. The Morgan fingerprint density at radius 3 is 2.41 bits per heavy atom. The predicted molar refractivity (Wildman–Crippen MR) is 63.9 cm³/mol. The maximum atomic E-state index is 12.5. The molecule has 0 heterocycles. The summed E-state index contributed by atoms with van der Waals surface area (Å²) in [4.78, 5) is 14.4. The van der Waals surface area contributed by atoms with E-state index in [2.05, 4.69) is 6.07 Å². The summed E-state index contributed by atoms with van der Waals surface area (Å²) in [5, 5.41) is 8.91. The Morgan fingerprint density at radius 1 is 1.18 bits per heavy atom. The number of rotatable bonds is 3. The van der Waals surface area contributed by atoms with Crippen molar-refractivity contribution < 1.29 is 4.79 Å². The average Bonchev–Trinajstić information content (AvgIpc) is 2.81. The van der Waals surface area contributed by atoms with Crippen LogP contribution in [-0.4, -0.2) is 23.4 Å². The number of nitrogens with zero attached hydrogens (tertiary/aromatic N) is 2. The first-order chi connectivity index (χ1) is 8.29. The molecule has 92 valence electrons. The SMILES string of the molecule is N#CCN(C(=O)C1CC2CC2C1)C1CCCC1. The van der Waals surface area contributed by atoms with Crippen LogP contribution in [-0.2, 0) is 4.79 Å². The molecule has 0 aromatic rings. The van der Waals surface area contributed by atoms with Crippen molar-refractivity contribution in [3.8, 4) is 6.07 Å². The van der Waals surface area contributed by atoms with Gasteiger partial charge in [0.05, 0.1) is 6.07 Å². The zero-order valence-electron chi connectivity index (χ0n) is 10.3. The Kier molecular flexibility index (Phi) is 2.82. The van der Waals surface area contributed by atoms with E-state index in [-0.39, 0.29) is 11.8 Å². The van der Waals surface area contributed by atoms with Gasteiger partial charge in [0.25, 0.3) is 0 Å². The molecule has 3 nitrogen and oxygen atoms in total. The number of carbonyl (C=O) groups is 1. The molecule has 0 aromatic carbocycles. The lowest BCUT2D eigenvalue weighted by molar-refractivity contribution is -0.137. The summed E-state index contributed by atoms with van der Waals surface area (Å²) in [6.07, 6.45) is 8.19. The lowest BCUT2D eigenvalue weighted by Crippen LogP contribution is -2.42. The van der Waals surface area contributed by atoms with Gasteiger partial charge in [0.1, 0.15) is 6.54 Å². The van der Waals surface area contributed by atoms with Crippen LogP contribution in [0.1, 0.15) is 44.9 Å². The van der Waals surface area contributed by atoms with E-state index in [1.54, 1.807) is 0 Å². The summed E-state index contributed by atoms with van der Waals surface area (Å²) in [6.45, 7) is 0.301. The van der Waals surface area contributed by atoms with Crippen LogP contribution >= 0.6 is 0 Å². The Hall–Kier alpha value is -1.04. The highest BCUT2D eigenvalue weighted by molar-refractivity contribution is 5.80. The second-order valence-corrected chi connectivity index (χ2v) is 5.99. The van der Waals surface area contributed by atoms with Crippen molar-refractivity contribution >= 4 is 5.91 Å². The minimum Gasteiger partial charge on any atom is -0.326 e. The fourth-order valence-corrected chi connectivity index (χ4v) is 3.83. The third kappa shape index (κ3) is 2.06. The van der Waals surface area contributed by atoms with Crippen molar-refractivity contribution in [1.29, 1.82) is 5.26 Å². The molecule has 1 amide bonds. The summed E-state index contributed by atoms with van der Waals surface area (Å²) < 4.78 is 0. The van der Waals surface area contributed by atoms with Gasteiger partial charge in [0.15, 0.2) is 0 Å². The molecule has 0 saturated heterocycles. The number of hydrogen-bond donors (Lipinski definition) is 0. The molecule has 0 radical (unpaired) electrons. The molecule has 3 aliphatic carbocycles. The van der Waals surface area contributed by atoms with Crippen molar-refractivity contribution in [3.05, 3.63) is 0 Å². The quantitative estimate of drug-likeness (QED) is 0.701. The van der Waals surface area contributed by atoms with Crippen molar-refractivity contribution in [2.75, 3.05) is 6.54 Å². The normalized spacial score (nSPS) is 35.4. The van der Waals surface area contributed by atoms with Crippen LogP contribution in [0.3, 0.4) is 0 Å². The van der Waals surface area contributed by atoms with Crippen LogP contribution in [0.5, 0.6) is 0 Å². The molecule has 0 N–H and O–H groups in total. The van der Waals surface area contributed by atoms with Crippen molar-refractivity contribution in [2.24, 2.45) is 17.8 Å². The van der Waals surface area contributed by atoms with E-state index in [0.717, 1.165) is 37.5 Å². The molecule has 3 heteroatoms. The van der Waals surface area contributed by atoms with Crippen LogP contribution < -0.4 is 0 Å². The van der Waals surface area contributed by atoms with E-state index in [4.69, 9.17) is 5.26 Å². The molecule has 0 aromatic heterocycles. The van der Waals surface area contributed by atoms with Crippen LogP contribution in [0.2, 0.25) is 0 Å². The van der Waals surface area contributed by atoms with Gasteiger partial charge in [-0.25, -0.2) is 0 Å². The zero-order valence-corrected chi connectivity index (χ0v) is 10.3. The Morgan fingerprint density at radius 2 is 1.82 bits per heavy atom. The fourth-order valence-electron chi connectivity index (χ4n) is 3.83. The first-order valence-electron chi connectivity index (χ1n) is 6.97. The predicted octanol–water partition coefficient (Wildman–Crippen LogP) is 2.33. The third-order valence-electron chi connectivity index (χ3n) is 4.88. The number of carbonyl (C=O) groups excluding carboxylic acids is 1. The molecule has 17 heavy (non-hydrogen) atoms. The monoisotopic (exact) mass is 232 g/mol. The van der Waals surface area contributed by atoms with Crippen LogP contribution in [0.15, 0.2) is 0 Å². The molecule has 3 fully saturated rings. The van der Waals surface area contributed by atoms with Gasteiger partial charge in [-0.15, -0.1) is 0 Å². The van der Waals surface area contributed by atoms with Crippen LogP contribution in [0, 0.1) is 29.1 Å². The van der Waals surface area contributed by atoms with Crippen molar-refractivity contribution in [3.63, 3.8) is 0 Å². The first-order valence-corrected chi connectivity index (χ1v) is 6.97. The lowest BCUT2D eigenvalue weighted by atomic mass is 10.0. The van der Waals surface area contributed by atoms with Crippen LogP contribution in [0.25, 0.3) is 0 Å². The van der Waals surface area contributed by atoms with Crippen molar-refractivity contribution in [1.82, 2.24) is 4.90 Å². The molecule has 3 aliphatic rings. The summed E-state index contributed by atoms with van der Waals surface area (Å²) >= 11 is 0. The molecule has 0 aliphatic heterocycles. The summed E-state index contributed by atoms with van der Waals surface area (Å²) in [7, 11) is 0. The van der Waals surface area contributed by atoms with Gasteiger partial charge in [-0.1, -0.05) is 12.8 Å². The first kappa shape index (κ1) is 11.1. The molecular formula is C14H20N2O. The number of fused-ring (bicyclic) bond motifs is 1. The van der Waals surface area contributed by atoms with Gasteiger partial charge in [0.2, 0.25) is 5.91 Å². The topological polar surface area (TPSA) is 44.1 Å². The molecule has 3 rings (SSSR count). The molecule has 0 bridgehead atoms. The Bertz CT molecular complexity index is 344. The number of amides is 1. The van der Waals surface area contributed by atoms with Gasteiger partial charge in [-0.3, -0.25) is 4.79 Å². The standard InChI is InChI=1S/C14H20N2O/c15-5-6-16(13-3-1-2-4-13)14(17)12-8-10-7-11(10)9-12/h10-13H,1-4,6-9H2. The minimum atomic E-state index is 0.243. The molecule has 2 unspecified atom stereocenters. The van der Waals surface area contributed by atoms with Gasteiger partial charge < -0.3 is 4.90 Å². The maximum Gasteiger partial charge on any atom is 0.226 e. The summed E-state index contributed by atoms with van der Waals surface area (Å²) in [5.74, 6) is 2.21. The van der Waals surface area contributed by atoms with Gasteiger partial charge in [-0.2, -0.15) is 5.26 Å². The Balaban J connectivity index is 1.65. The third-order valence-corrected chi connectivity index (χ3v) is 4.88. The van der Waals surface area contributed by atoms with E-state index >= 15 is 0 Å². The van der Waals surface area contributed by atoms with Crippen LogP contribution in [0.4, 0.5) is 0 Å². The maximum absolute atomic E-state index is 12.5. The second-order valence-electron chi connectivity index (χ2n) is 5.99. The summed E-state index contributed by atoms with van der Waals surface area (Å²) in [5.41, 5.74) is 0. The highest BCUT2D eigenvalue weighted by atomic mass is 16.2. The van der Waals surface area contributed by atoms with E-state index in [1.165, 1.54) is 19.3 Å². The average molecular weight is 232 g/mol. The molecular weight excluding hydrogens is 212 g/mol. The second kappa shape index (κ2) is 4.33. The highest BCUT2D eigenvalue weighted by Crippen LogP contribution is 2.54. The molecule has 3 saturated carbocycles. The van der Waals surface area contributed by atoms with E-state index < -0.39 is 0 Å². The molecule has 2 atom stereocenters. The summed E-state index contributed by atoms with van der Waals surface area (Å²) in [6, 6.07) is 2.54. The minimum absolute atomic E-state index is 0.243. The van der Waals surface area contributed by atoms with E-state index in [9.17, 15) is 4.79 Å². The largest absolute Gasteiger partial charge is 0.326 e. The Labute approximate surface area is 103 Å². The van der Waals surface area contributed by atoms with Gasteiger partial charge in [-0.05, 0) is 43.9 Å². The fraction of sp³-hybridized carbons (Fsp3) is 0.857. The number of nitriles is 1. The highest BCUT2D eigenvalue weighted by Gasteiger charge is 2.49. The van der Waals surface area contributed by atoms with Crippen molar-refractivity contribution in [2.45, 2.75) is 51.0 Å². The van der Waals surface area contributed by atoms with Gasteiger partial charge in [0, 0.05) is 12.0 Å². The lowest BCUT2D eigenvalue weighted by Gasteiger charge is -2.29. The smallest absolute Gasteiger partial charge is 0.226 e. The number of hydrogen-bond acceptors (Lipinski definition) is 2. The zero-order chi connectivity index (χ0) is 11.8. The van der Waals surface area contributed by atoms with Gasteiger partial charge >= 0.3 is 0 Å². The van der Waals surface area contributed by atoms with E-state index in [1.807, 2.05) is 4.90 Å². The van der Waals surface area contributed by atoms with E-state index in [0.29, 0.717) is 12.6 Å².